The third-order valence-corrected chi connectivity index (χ3v) is 8.37. The maximum Gasteiger partial charge on any atom is 0.199 e. The van der Waals surface area contributed by atoms with Crippen molar-refractivity contribution in [2.45, 2.75) is 44.2 Å². The summed E-state index contributed by atoms with van der Waals surface area (Å²) in [6, 6.07) is 9.75. The number of phenols is 2. The van der Waals surface area contributed by atoms with Crippen molar-refractivity contribution in [3.05, 3.63) is 95.5 Å². The average molecular weight is 611 g/mol. The molecule has 0 radical (unpaired) electrons. The van der Waals surface area contributed by atoms with Gasteiger partial charge < -0.3 is 39.1 Å². The highest BCUT2D eigenvalue weighted by molar-refractivity contribution is 6.02. The molecule has 2 heterocycles. The third-order valence-electron chi connectivity index (χ3n) is 8.37. The summed E-state index contributed by atoms with van der Waals surface area (Å²) in [6.45, 7) is 3.18. The summed E-state index contributed by atoms with van der Waals surface area (Å²) in [5.41, 5.74) is 3.65. The molecule has 232 valence electrons. The first-order chi connectivity index (χ1) is 21.4. The third kappa shape index (κ3) is 5.73. The first kappa shape index (κ1) is 30.2. The maximum absolute atomic E-state index is 11.1. The highest BCUT2D eigenvalue weighted by Gasteiger charge is 2.52. The first-order valence-corrected chi connectivity index (χ1v) is 14.7. The van der Waals surface area contributed by atoms with Crippen molar-refractivity contribution in [3.63, 3.8) is 0 Å². The molecule has 1 saturated carbocycles. The highest BCUT2D eigenvalue weighted by Crippen LogP contribution is 2.48. The lowest BCUT2D eigenvalue weighted by Crippen LogP contribution is -2.47. The number of benzene rings is 2. The van der Waals surface area contributed by atoms with Crippen LogP contribution < -0.4 is 10.2 Å². The number of hydrogen-bond donors (Lipinski definition) is 5. The molecular formula is C36H36NO8+. The maximum atomic E-state index is 11.1. The van der Waals surface area contributed by atoms with E-state index in [9.17, 15) is 25.5 Å². The van der Waals surface area contributed by atoms with Gasteiger partial charge in [0.25, 0.3) is 0 Å². The lowest BCUT2D eigenvalue weighted by atomic mass is 9.97. The van der Waals surface area contributed by atoms with Crippen LogP contribution in [0.2, 0.25) is 0 Å². The summed E-state index contributed by atoms with van der Waals surface area (Å²) in [6.07, 6.45) is 12.0. The fourth-order valence-corrected chi connectivity index (χ4v) is 5.65. The van der Waals surface area contributed by atoms with E-state index in [1.807, 2.05) is 61.2 Å². The van der Waals surface area contributed by atoms with Crippen molar-refractivity contribution in [3.8, 4) is 39.7 Å². The van der Waals surface area contributed by atoms with Gasteiger partial charge in [0.2, 0.25) is 0 Å². The molecule has 9 heteroatoms. The number of aliphatic hydroxyl groups excluding tert-OH is 2. The van der Waals surface area contributed by atoms with Crippen molar-refractivity contribution in [2.24, 2.45) is 0 Å². The predicted molar refractivity (Wildman–Crippen MR) is 171 cm³/mol. The van der Waals surface area contributed by atoms with Gasteiger partial charge in [0, 0.05) is 41.8 Å². The Morgan fingerprint density at radius 2 is 1.62 bits per heavy atom. The van der Waals surface area contributed by atoms with E-state index in [4.69, 9.17) is 13.6 Å². The number of allylic oxidation sites excluding steroid dienone is 8. The van der Waals surface area contributed by atoms with Gasteiger partial charge in [0.1, 0.15) is 60.0 Å². The van der Waals surface area contributed by atoms with E-state index >= 15 is 0 Å². The molecule has 0 bridgehead atoms. The summed E-state index contributed by atoms with van der Waals surface area (Å²) in [5.74, 6) is 0.409. The Balaban J connectivity index is 1.52. The number of aryl methyl sites for hydroxylation is 1. The Hall–Kier alpha value is -4.83. The minimum absolute atomic E-state index is 0.0278. The first-order valence-electron chi connectivity index (χ1n) is 14.7. The van der Waals surface area contributed by atoms with E-state index in [0.717, 1.165) is 11.3 Å². The summed E-state index contributed by atoms with van der Waals surface area (Å²) in [5, 5.41) is 53.1. The van der Waals surface area contributed by atoms with Crippen molar-refractivity contribution in [1.82, 2.24) is 0 Å². The fourth-order valence-electron chi connectivity index (χ4n) is 5.65. The van der Waals surface area contributed by atoms with Gasteiger partial charge in [-0.15, -0.1) is 0 Å². The molecule has 6 rings (SSSR count). The Morgan fingerprint density at radius 1 is 0.933 bits per heavy atom. The van der Waals surface area contributed by atoms with Crippen molar-refractivity contribution >= 4 is 23.0 Å². The highest BCUT2D eigenvalue weighted by atomic mass is 16.5. The van der Waals surface area contributed by atoms with Crippen LogP contribution in [0.3, 0.4) is 0 Å². The number of aliphatic hydroxyl groups is 3. The molecule has 0 spiro atoms. The van der Waals surface area contributed by atoms with Gasteiger partial charge in [-0.25, -0.2) is 4.58 Å². The lowest BCUT2D eigenvalue weighted by molar-refractivity contribution is -0.462. The van der Waals surface area contributed by atoms with Gasteiger partial charge in [-0.3, -0.25) is 0 Å². The molecule has 2 aromatic rings. The van der Waals surface area contributed by atoms with E-state index in [1.165, 1.54) is 19.1 Å². The summed E-state index contributed by atoms with van der Waals surface area (Å²) in [7, 11) is 3.98. The predicted octanol–water partition coefficient (Wildman–Crippen LogP) is 4.52. The van der Waals surface area contributed by atoms with Crippen LogP contribution in [-0.4, -0.2) is 73.8 Å². The van der Waals surface area contributed by atoms with Crippen molar-refractivity contribution in [2.75, 3.05) is 14.1 Å². The minimum Gasteiger partial charge on any atom is -0.508 e. The molecular weight excluding hydrogens is 574 g/mol. The molecule has 5 N–H and O–H groups in total. The smallest absolute Gasteiger partial charge is 0.199 e. The Bertz CT molecular complexity index is 1960. The largest absolute Gasteiger partial charge is 0.508 e. The van der Waals surface area contributed by atoms with E-state index in [1.54, 1.807) is 37.3 Å². The Morgan fingerprint density at radius 3 is 2.27 bits per heavy atom. The van der Waals surface area contributed by atoms with E-state index in [2.05, 4.69) is 0 Å². The monoisotopic (exact) mass is 610 g/mol. The van der Waals surface area contributed by atoms with Crippen LogP contribution >= 0.6 is 0 Å². The second kappa shape index (κ2) is 11.6. The SMILES string of the molecule is Cc1ccc(-c2oc3cc(O)cc4o/c(=C/C=C/C=C5C=CC(=[N+](C)C)C=C5)cc(c2OC2CC(O)C(O)C2(C)O)-c34)cc1O. The van der Waals surface area contributed by atoms with Crippen LogP contribution in [0.25, 0.3) is 39.7 Å². The number of aromatic hydroxyl groups is 2. The van der Waals surface area contributed by atoms with Gasteiger partial charge >= 0.3 is 0 Å². The normalized spacial score (nSPS) is 23.6. The van der Waals surface area contributed by atoms with Crippen molar-refractivity contribution in [1.29, 1.82) is 0 Å². The van der Waals surface area contributed by atoms with E-state index in [0.29, 0.717) is 38.8 Å². The Labute approximate surface area is 259 Å². The number of rotatable bonds is 5. The molecule has 45 heavy (non-hydrogen) atoms. The van der Waals surface area contributed by atoms with Gasteiger partial charge in [-0.05, 0) is 55.3 Å². The Kier molecular flexibility index (Phi) is 7.78. The zero-order valence-electron chi connectivity index (χ0n) is 25.4. The summed E-state index contributed by atoms with van der Waals surface area (Å²) >= 11 is 0. The fraction of sp³-hybridized carbons (Fsp3) is 0.250. The average Bonchev–Trinajstić information content (AvgIpc) is 3.19. The molecule has 2 aliphatic carbocycles. The molecule has 0 saturated heterocycles. The molecule has 2 aliphatic heterocycles. The zero-order valence-corrected chi connectivity index (χ0v) is 25.4. The standard InChI is InChI=1S/C36H35NO8/c1-20-9-12-22(15-27(20)39)33-34(45-31-19-28(40)35(41)36(31,2)42)26-18-25(43-29-16-24(38)17-30(44-33)32(26)29)8-6-5-7-21-10-13-23(14-11-21)37(3)4/h5-18,28,31,35,39-42H,19H2,1-4H3/p+1. The molecule has 0 aromatic heterocycles. The van der Waals surface area contributed by atoms with Gasteiger partial charge in [0.15, 0.2) is 17.2 Å². The molecule has 2 aromatic carbocycles. The lowest BCUT2D eigenvalue weighted by Gasteiger charge is -2.30. The molecule has 9 nitrogen and oxygen atoms in total. The van der Waals surface area contributed by atoms with Crippen LogP contribution in [0, 0.1) is 6.92 Å². The van der Waals surface area contributed by atoms with Crippen LogP contribution in [-0.2, 0) is 0 Å². The molecule has 4 atom stereocenters. The minimum atomic E-state index is -1.77. The van der Waals surface area contributed by atoms with E-state index < -0.39 is 23.9 Å². The number of hydrogen-bond acceptors (Lipinski definition) is 8. The quantitative estimate of drug-likeness (QED) is 0.208. The summed E-state index contributed by atoms with van der Waals surface area (Å²) in [4.78, 5) is 0. The topological polar surface area (TPSA) is 140 Å². The second-order valence-corrected chi connectivity index (χ2v) is 11.9. The molecule has 4 aliphatic rings. The van der Waals surface area contributed by atoms with Crippen LogP contribution in [0.15, 0.2) is 93.3 Å². The summed E-state index contributed by atoms with van der Waals surface area (Å²) < 4.78 is 20.9. The van der Waals surface area contributed by atoms with E-state index in [-0.39, 0.29) is 29.4 Å². The molecule has 0 amide bonds. The van der Waals surface area contributed by atoms with Gasteiger partial charge in [-0.2, -0.15) is 0 Å². The second-order valence-electron chi connectivity index (χ2n) is 11.9. The number of nitrogens with zero attached hydrogens (tertiary/aromatic N) is 1. The van der Waals surface area contributed by atoms with Crippen LogP contribution in [0.4, 0.5) is 0 Å². The molecule has 1 fully saturated rings. The van der Waals surface area contributed by atoms with Crippen LogP contribution in [0.5, 0.6) is 17.2 Å². The van der Waals surface area contributed by atoms with Gasteiger partial charge in [-0.1, -0.05) is 30.4 Å². The molecule has 4 unspecified atom stereocenters. The van der Waals surface area contributed by atoms with Gasteiger partial charge in [0.05, 0.1) is 11.7 Å². The van der Waals surface area contributed by atoms with Crippen LogP contribution in [0.1, 0.15) is 18.9 Å². The number of ether oxygens (including phenoxy) is 1. The number of phenolic OH excluding ortho intramolecular Hbond substituents is 2. The van der Waals surface area contributed by atoms with Crippen molar-refractivity contribution < 1.29 is 43.7 Å². The zero-order chi connectivity index (χ0) is 32.0.